The number of ether oxygens (including phenoxy) is 1. The summed E-state index contributed by atoms with van der Waals surface area (Å²) in [5.74, 6) is 0.498. The predicted octanol–water partition coefficient (Wildman–Crippen LogP) is -1.61. The van der Waals surface area contributed by atoms with Crippen LogP contribution in [0.3, 0.4) is 0 Å². The van der Waals surface area contributed by atoms with E-state index < -0.39 is 24.5 Å². The fourth-order valence-corrected chi connectivity index (χ4v) is 2.02. The Bertz CT molecular complexity index is 519. The van der Waals surface area contributed by atoms with Crippen LogP contribution in [0.1, 0.15) is 6.23 Å². The molecule has 1 fully saturated rings. The molecule has 0 spiro atoms. The Morgan fingerprint density at radius 2 is 2.06 bits per heavy atom. The lowest BCUT2D eigenvalue weighted by Crippen LogP contribution is -2.33. The number of aliphatic hydroxyl groups excluding tert-OH is 3. The van der Waals surface area contributed by atoms with Crippen molar-refractivity contribution in [2.75, 3.05) is 6.61 Å². The summed E-state index contributed by atoms with van der Waals surface area (Å²) < 4.78 is 6.87. The van der Waals surface area contributed by atoms with Gasteiger partial charge in [-0.3, -0.25) is 0 Å². The van der Waals surface area contributed by atoms with E-state index in [1.54, 1.807) is 6.20 Å². The average molecular weight is 252 g/mol. The second-order valence-corrected chi connectivity index (χ2v) is 4.13. The standard InChI is InChI=1S/C10H12N4O4/c15-2-6-7(16)8(17)10(18-6)14-1-5-9(13-4-14)12-3-11-5/h1,3-4,6-8,10,15-17H,2H2/t6-,7-,8+,10-/m1/s1. The minimum Gasteiger partial charge on any atom is -0.394 e. The molecule has 3 heterocycles. The third-order valence-electron chi connectivity index (χ3n) is 3.00. The summed E-state index contributed by atoms with van der Waals surface area (Å²) in [5.41, 5.74) is 0.565. The van der Waals surface area contributed by atoms with E-state index in [1.165, 1.54) is 17.2 Å². The molecule has 3 aliphatic rings. The van der Waals surface area contributed by atoms with E-state index in [-0.39, 0.29) is 6.61 Å². The van der Waals surface area contributed by atoms with Crippen LogP contribution in [-0.2, 0) is 4.74 Å². The molecule has 0 aliphatic carbocycles. The first-order valence-electron chi connectivity index (χ1n) is 5.47. The number of rotatable bonds is 2. The quantitative estimate of drug-likeness (QED) is 0.589. The van der Waals surface area contributed by atoms with Crippen molar-refractivity contribution < 1.29 is 20.1 Å². The monoisotopic (exact) mass is 252 g/mol. The van der Waals surface area contributed by atoms with Gasteiger partial charge in [0.05, 0.1) is 12.9 Å². The molecule has 96 valence electrons. The Morgan fingerprint density at radius 3 is 2.78 bits per heavy atom. The van der Waals surface area contributed by atoms with Gasteiger partial charge in [-0.2, -0.15) is 0 Å². The molecule has 3 rings (SSSR count). The molecule has 18 heavy (non-hydrogen) atoms. The highest BCUT2D eigenvalue weighted by molar-refractivity contribution is 5.47. The lowest BCUT2D eigenvalue weighted by Gasteiger charge is -2.18. The number of hydrogen-bond donors (Lipinski definition) is 3. The fourth-order valence-electron chi connectivity index (χ4n) is 2.02. The normalized spacial score (nSPS) is 32.2. The van der Waals surface area contributed by atoms with Crippen LogP contribution in [0.15, 0.2) is 18.9 Å². The minimum atomic E-state index is -1.13. The van der Waals surface area contributed by atoms with Crippen molar-refractivity contribution in [3.63, 3.8) is 0 Å². The first kappa shape index (κ1) is 11.5. The van der Waals surface area contributed by atoms with Gasteiger partial charge < -0.3 is 24.6 Å². The van der Waals surface area contributed by atoms with E-state index >= 15 is 0 Å². The van der Waals surface area contributed by atoms with Gasteiger partial charge in [0.1, 0.15) is 30.3 Å². The van der Waals surface area contributed by atoms with Crippen molar-refractivity contribution >= 4 is 0 Å². The van der Waals surface area contributed by atoms with Crippen molar-refractivity contribution in [1.82, 2.24) is 19.5 Å². The van der Waals surface area contributed by atoms with E-state index in [1.807, 2.05) is 0 Å². The largest absolute Gasteiger partial charge is 0.394 e. The van der Waals surface area contributed by atoms with Crippen LogP contribution < -0.4 is 0 Å². The van der Waals surface area contributed by atoms with E-state index in [0.717, 1.165) is 0 Å². The minimum absolute atomic E-state index is 0.360. The van der Waals surface area contributed by atoms with Gasteiger partial charge >= 0.3 is 0 Å². The van der Waals surface area contributed by atoms with Gasteiger partial charge in [0, 0.05) is 6.20 Å². The second kappa shape index (κ2) is 4.25. The van der Waals surface area contributed by atoms with Crippen molar-refractivity contribution in [3.8, 4) is 11.5 Å². The Kier molecular flexibility index (Phi) is 2.71. The van der Waals surface area contributed by atoms with Crippen LogP contribution in [0.2, 0.25) is 0 Å². The zero-order valence-corrected chi connectivity index (χ0v) is 9.29. The van der Waals surface area contributed by atoms with Crippen LogP contribution in [0, 0.1) is 0 Å². The summed E-state index contributed by atoms with van der Waals surface area (Å²) in [6.45, 7) is -0.360. The van der Waals surface area contributed by atoms with E-state index in [9.17, 15) is 10.2 Å². The zero-order valence-electron chi connectivity index (χ0n) is 9.29. The maximum absolute atomic E-state index is 9.86. The molecule has 4 atom stereocenters. The number of fused-ring (bicyclic) bond motifs is 1. The smallest absolute Gasteiger partial charge is 0.182 e. The van der Waals surface area contributed by atoms with Gasteiger partial charge in [-0.1, -0.05) is 0 Å². The van der Waals surface area contributed by atoms with Crippen LogP contribution in [0.4, 0.5) is 0 Å². The summed E-state index contributed by atoms with van der Waals surface area (Å²) in [4.78, 5) is 12.0. The molecule has 3 N–H and O–H groups in total. The predicted molar refractivity (Wildman–Crippen MR) is 57.4 cm³/mol. The summed E-state index contributed by atoms with van der Waals surface area (Å²) in [7, 11) is 0. The summed E-state index contributed by atoms with van der Waals surface area (Å²) in [6, 6.07) is 0. The summed E-state index contributed by atoms with van der Waals surface area (Å²) in [6.07, 6.45) is 0.583. The van der Waals surface area contributed by atoms with Gasteiger partial charge in [0.25, 0.3) is 0 Å². The molecule has 0 aromatic carbocycles. The summed E-state index contributed by atoms with van der Waals surface area (Å²) in [5, 5.41) is 28.5. The lowest BCUT2D eigenvalue weighted by atomic mass is 10.1. The topological polar surface area (TPSA) is 114 Å². The van der Waals surface area contributed by atoms with Crippen molar-refractivity contribution in [2.24, 2.45) is 0 Å². The first-order valence-corrected chi connectivity index (χ1v) is 5.47. The average Bonchev–Trinajstić information content (AvgIpc) is 2.95. The van der Waals surface area contributed by atoms with Gasteiger partial charge in [0.15, 0.2) is 12.1 Å². The molecular formula is C10H12N4O4. The van der Waals surface area contributed by atoms with Crippen molar-refractivity contribution in [2.45, 2.75) is 24.5 Å². The molecule has 0 aromatic rings. The number of hydrogen-bond acceptors (Lipinski definition) is 7. The van der Waals surface area contributed by atoms with E-state index in [2.05, 4.69) is 15.0 Å². The molecule has 0 radical (unpaired) electrons. The summed E-state index contributed by atoms with van der Waals surface area (Å²) >= 11 is 0. The van der Waals surface area contributed by atoms with Crippen LogP contribution in [-0.4, -0.2) is 59.8 Å². The first-order chi connectivity index (χ1) is 8.70. The van der Waals surface area contributed by atoms with Gasteiger partial charge in [-0.25, -0.2) is 15.0 Å². The molecule has 8 heteroatoms. The maximum Gasteiger partial charge on any atom is 0.182 e. The van der Waals surface area contributed by atoms with Gasteiger partial charge in [-0.15, -0.1) is 0 Å². The zero-order chi connectivity index (χ0) is 12.7. The molecular weight excluding hydrogens is 240 g/mol. The maximum atomic E-state index is 9.86. The van der Waals surface area contributed by atoms with Gasteiger partial charge in [0.2, 0.25) is 0 Å². The van der Waals surface area contributed by atoms with E-state index in [4.69, 9.17) is 9.84 Å². The Balaban J connectivity index is 1.93. The number of aliphatic hydroxyl groups is 3. The fraction of sp³-hybridized carbons (Fsp3) is 0.500. The molecule has 0 unspecified atom stereocenters. The molecule has 1 saturated heterocycles. The lowest BCUT2D eigenvalue weighted by molar-refractivity contribution is -0.0534. The molecule has 0 saturated carbocycles. The SMILES string of the molecule is OC[C@H]1O[C@@H](n2cnc3ncnc-3c2)[C@@H](O)[C@@H]1O. The van der Waals surface area contributed by atoms with Crippen molar-refractivity contribution in [1.29, 1.82) is 0 Å². The number of nitrogens with zero attached hydrogens (tertiary/aromatic N) is 4. The highest BCUT2D eigenvalue weighted by Gasteiger charge is 2.43. The van der Waals surface area contributed by atoms with Crippen LogP contribution in [0.5, 0.6) is 0 Å². The number of imidazole rings is 1. The highest BCUT2D eigenvalue weighted by atomic mass is 16.6. The molecule has 0 bridgehead atoms. The van der Waals surface area contributed by atoms with Crippen molar-refractivity contribution in [3.05, 3.63) is 18.9 Å². The molecule has 8 nitrogen and oxygen atoms in total. The Labute approximate surface area is 102 Å². The highest BCUT2D eigenvalue weighted by Crippen LogP contribution is 2.29. The van der Waals surface area contributed by atoms with Gasteiger partial charge in [-0.05, 0) is 0 Å². The Morgan fingerprint density at radius 1 is 1.22 bits per heavy atom. The third kappa shape index (κ3) is 1.66. The molecule has 3 aliphatic heterocycles. The van der Waals surface area contributed by atoms with E-state index in [0.29, 0.717) is 11.5 Å². The molecule has 0 aromatic heterocycles. The second-order valence-electron chi connectivity index (χ2n) is 4.13. The number of aromatic nitrogens is 4. The Hall–Kier alpha value is -1.61. The van der Waals surface area contributed by atoms with Crippen LogP contribution in [0.25, 0.3) is 11.5 Å². The molecule has 0 amide bonds. The third-order valence-corrected chi connectivity index (χ3v) is 3.00. The van der Waals surface area contributed by atoms with Crippen LogP contribution >= 0.6 is 0 Å².